The molecular weight excluding hydrogens is 124 g/mol. The lowest BCUT2D eigenvalue weighted by molar-refractivity contribution is 0.0826. The molecule has 0 radical (unpaired) electrons. The number of hydrazine groups is 1. The highest BCUT2D eigenvalue weighted by atomic mass is 15.6. The minimum absolute atomic E-state index is 1.07. The molecule has 0 unspecified atom stereocenters. The largest absolute Gasteiger partial charge is 0.313 e. The Balaban J connectivity index is 2.20. The van der Waals surface area contributed by atoms with Gasteiger partial charge in [-0.2, -0.15) is 0 Å². The number of nitrogens with zero attached hydrogens (tertiary/aromatic N) is 2. The van der Waals surface area contributed by atoms with Gasteiger partial charge in [0.25, 0.3) is 0 Å². The molecule has 0 spiro atoms. The van der Waals surface area contributed by atoms with Gasteiger partial charge in [0.15, 0.2) is 0 Å². The topological polar surface area (TPSA) is 6.48 Å². The average Bonchev–Trinajstić information content (AvgIpc) is 2.31. The van der Waals surface area contributed by atoms with E-state index in [1.807, 2.05) is 0 Å². The van der Waals surface area contributed by atoms with Crippen LogP contribution in [0.4, 0.5) is 0 Å². The summed E-state index contributed by atoms with van der Waals surface area (Å²) in [5, 5.41) is 4.50. The van der Waals surface area contributed by atoms with E-state index in [4.69, 9.17) is 0 Å². The molecule has 0 aromatic heterocycles. The molecule has 2 nitrogen and oxygen atoms in total. The zero-order valence-electron chi connectivity index (χ0n) is 6.88. The number of hydrogen-bond donors (Lipinski definition) is 0. The molecule has 0 saturated heterocycles. The lowest BCUT2D eigenvalue weighted by Crippen LogP contribution is -2.31. The molecular formula is C8H16N2. The Morgan fingerprint density at radius 2 is 2.30 bits per heavy atom. The third kappa shape index (κ3) is 1.74. The molecule has 10 heavy (non-hydrogen) atoms. The van der Waals surface area contributed by atoms with Crippen LogP contribution in [-0.2, 0) is 0 Å². The van der Waals surface area contributed by atoms with Gasteiger partial charge in [-0.25, -0.2) is 5.01 Å². The third-order valence-corrected chi connectivity index (χ3v) is 1.83. The Hall–Kier alpha value is -0.500. The maximum atomic E-state index is 2.27. The van der Waals surface area contributed by atoms with Crippen LogP contribution in [0.3, 0.4) is 0 Å². The molecule has 58 valence electrons. The van der Waals surface area contributed by atoms with Crippen molar-refractivity contribution in [3.8, 4) is 0 Å². The van der Waals surface area contributed by atoms with E-state index in [2.05, 4.69) is 36.3 Å². The summed E-state index contributed by atoms with van der Waals surface area (Å²) < 4.78 is 0. The summed E-state index contributed by atoms with van der Waals surface area (Å²) in [4.78, 5) is 0. The van der Waals surface area contributed by atoms with Gasteiger partial charge in [-0.1, -0.05) is 19.4 Å². The fourth-order valence-electron chi connectivity index (χ4n) is 1.11. The second kappa shape index (κ2) is 3.62. The molecule has 1 heterocycles. The van der Waals surface area contributed by atoms with Crippen LogP contribution >= 0.6 is 0 Å². The van der Waals surface area contributed by atoms with E-state index in [-0.39, 0.29) is 0 Å². The molecule has 0 saturated carbocycles. The van der Waals surface area contributed by atoms with E-state index in [0.717, 1.165) is 6.54 Å². The van der Waals surface area contributed by atoms with Crippen molar-refractivity contribution in [1.29, 1.82) is 0 Å². The predicted octanol–water partition coefficient (Wildman–Crippen LogP) is 1.46. The Morgan fingerprint density at radius 3 is 2.80 bits per heavy atom. The summed E-state index contributed by atoms with van der Waals surface area (Å²) in [5.41, 5.74) is 0. The van der Waals surface area contributed by atoms with Crippen LogP contribution in [-0.4, -0.2) is 30.2 Å². The average molecular weight is 140 g/mol. The lowest BCUT2D eigenvalue weighted by Gasteiger charge is -2.24. The molecule has 0 bridgehead atoms. The number of rotatable bonds is 3. The van der Waals surface area contributed by atoms with Gasteiger partial charge in [0.05, 0.1) is 0 Å². The zero-order chi connectivity index (χ0) is 7.40. The SMILES string of the molecule is CCCCN1C=CCN1C. The van der Waals surface area contributed by atoms with Gasteiger partial charge in [0, 0.05) is 26.3 Å². The van der Waals surface area contributed by atoms with Crippen molar-refractivity contribution in [3.63, 3.8) is 0 Å². The highest BCUT2D eigenvalue weighted by Gasteiger charge is 2.08. The van der Waals surface area contributed by atoms with E-state index in [1.165, 1.54) is 19.4 Å². The van der Waals surface area contributed by atoms with Gasteiger partial charge in [-0.15, -0.1) is 0 Å². The summed E-state index contributed by atoms with van der Waals surface area (Å²) >= 11 is 0. The fourth-order valence-corrected chi connectivity index (χ4v) is 1.11. The highest BCUT2D eigenvalue weighted by molar-refractivity contribution is 4.89. The molecule has 1 rings (SSSR count). The highest BCUT2D eigenvalue weighted by Crippen LogP contribution is 2.05. The van der Waals surface area contributed by atoms with Crippen LogP contribution in [0.25, 0.3) is 0 Å². The van der Waals surface area contributed by atoms with Gasteiger partial charge in [-0.05, 0) is 6.42 Å². The maximum absolute atomic E-state index is 2.27. The van der Waals surface area contributed by atoms with Crippen molar-refractivity contribution in [1.82, 2.24) is 10.0 Å². The number of hydrogen-bond acceptors (Lipinski definition) is 2. The van der Waals surface area contributed by atoms with Crippen LogP contribution in [0.2, 0.25) is 0 Å². The predicted molar refractivity (Wildman–Crippen MR) is 43.4 cm³/mol. The second-order valence-electron chi connectivity index (χ2n) is 2.74. The molecule has 0 N–H and O–H groups in total. The van der Waals surface area contributed by atoms with Crippen molar-refractivity contribution >= 4 is 0 Å². The first kappa shape index (κ1) is 7.61. The number of likely N-dealkylation sites (N-methyl/N-ethyl adjacent to an activating group) is 1. The monoisotopic (exact) mass is 140 g/mol. The summed E-state index contributed by atoms with van der Waals surface area (Å²) in [7, 11) is 2.12. The van der Waals surface area contributed by atoms with E-state index in [1.54, 1.807) is 0 Å². The molecule has 0 aliphatic carbocycles. The molecule has 0 aromatic carbocycles. The minimum Gasteiger partial charge on any atom is -0.313 e. The van der Waals surface area contributed by atoms with Gasteiger partial charge in [0.1, 0.15) is 0 Å². The maximum Gasteiger partial charge on any atom is 0.0375 e. The van der Waals surface area contributed by atoms with Crippen LogP contribution < -0.4 is 0 Å². The molecule has 0 aromatic rings. The van der Waals surface area contributed by atoms with Crippen molar-refractivity contribution < 1.29 is 0 Å². The molecule has 1 aliphatic heterocycles. The molecule has 0 atom stereocenters. The van der Waals surface area contributed by atoms with Crippen molar-refractivity contribution in [2.75, 3.05) is 20.1 Å². The summed E-state index contributed by atoms with van der Waals surface area (Å²) in [6, 6.07) is 0. The first-order chi connectivity index (χ1) is 4.84. The van der Waals surface area contributed by atoms with Crippen LogP contribution in [0.15, 0.2) is 12.3 Å². The van der Waals surface area contributed by atoms with Gasteiger partial charge >= 0.3 is 0 Å². The summed E-state index contributed by atoms with van der Waals surface area (Å²) in [6.45, 7) is 4.47. The normalized spacial score (nSPS) is 18.8. The van der Waals surface area contributed by atoms with Crippen LogP contribution in [0.1, 0.15) is 19.8 Å². The Morgan fingerprint density at radius 1 is 1.50 bits per heavy atom. The molecule has 0 fully saturated rings. The minimum atomic E-state index is 1.07. The first-order valence-electron chi connectivity index (χ1n) is 3.99. The second-order valence-corrected chi connectivity index (χ2v) is 2.74. The van der Waals surface area contributed by atoms with E-state index >= 15 is 0 Å². The van der Waals surface area contributed by atoms with Crippen molar-refractivity contribution in [3.05, 3.63) is 12.3 Å². The smallest absolute Gasteiger partial charge is 0.0375 e. The third-order valence-electron chi connectivity index (χ3n) is 1.83. The number of unbranched alkanes of at least 4 members (excludes halogenated alkanes) is 1. The Labute approximate surface area is 63.1 Å². The Bertz CT molecular complexity index is 120. The Kier molecular flexibility index (Phi) is 2.75. The molecule has 2 heteroatoms. The quantitative estimate of drug-likeness (QED) is 0.585. The first-order valence-corrected chi connectivity index (χ1v) is 3.99. The lowest BCUT2D eigenvalue weighted by atomic mass is 10.3. The molecule has 1 aliphatic rings. The van der Waals surface area contributed by atoms with E-state index in [9.17, 15) is 0 Å². The summed E-state index contributed by atoms with van der Waals surface area (Å²) in [5.74, 6) is 0. The van der Waals surface area contributed by atoms with Crippen molar-refractivity contribution in [2.45, 2.75) is 19.8 Å². The van der Waals surface area contributed by atoms with Crippen LogP contribution in [0.5, 0.6) is 0 Å². The van der Waals surface area contributed by atoms with Gasteiger partial charge in [-0.3, -0.25) is 0 Å². The fraction of sp³-hybridized carbons (Fsp3) is 0.750. The van der Waals surface area contributed by atoms with E-state index < -0.39 is 0 Å². The zero-order valence-corrected chi connectivity index (χ0v) is 6.88. The van der Waals surface area contributed by atoms with Gasteiger partial charge in [0.2, 0.25) is 0 Å². The van der Waals surface area contributed by atoms with Gasteiger partial charge < -0.3 is 5.01 Å². The van der Waals surface area contributed by atoms with E-state index in [0.29, 0.717) is 0 Å². The summed E-state index contributed by atoms with van der Waals surface area (Å²) in [6.07, 6.45) is 6.91. The van der Waals surface area contributed by atoms with Crippen molar-refractivity contribution in [2.24, 2.45) is 0 Å². The molecule has 0 amide bonds. The van der Waals surface area contributed by atoms with Crippen LogP contribution in [0, 0.1) is 0 Å². The standard InChI is InChI=1S/C8H16N2/c1-3-4-7-10-8-5-6-9(10)2/h5,8H,3-4,6-7H2,1-2H3.